The van der Waals surface area contributed by atoms with Crippen LogP contribution in [-0.2, 0) is 0 Å². The minimum absolute atomic E-state index is 0.208. The average Bonchev–Trinajstić information content (AvgIpc) is 2.68. The first-order valence-corrected chi connectivity index (χ1v) is 9.43. The zero-order chi connectivity index (χ0) is 18.2. The molecule has 6 heteroatoms. The molecule has 26 heavy (non-hydrogen) atoms. The van der Waals surface area contributed by atoms with Gasteiger partial charge < -0.3 is 10.1 Å². The van der Waals surface area contributed by atoms with Gasteiger partial charge in [-0.25, -0.2) is 4.98 Å². The summed E-state index contributed by atoms with van der Waals surface area (Å²) < 4.78 is 5.73. The third-order valence-electron chi connectivity index (χ3n) is 3.44. The summed E-state index contributed by atoms with van der Waals surface area (Å²) in [5.41, 5.74) is 0.410. The summed E-state index contributed by atoms with van der Waals surface area (Å²) in [5.74, 6) is 1.48. The van der Waals surface area contributed by atoms with E-state index in [1.807, 2.05) is 54.6 Å². The minimum atomic E-state index is -0.208. The maximum Gasteiger partial charge on any atom is 0.256 e. The Balaban J connectivity index is 1.55. The molecule has 2 aromatic carbocycles. The molecular formula is C20H17ClN2O2S. The Labute approximate surface area is 161 Å². The molecule has 1 N–H and O–H groups in total. The molecule has 0 bridgehead atoms. The lowest BCUT2D eigenvalue weighted by atomic mass is 10.2. The van der Waals surface area contributed by atoms with Crippen molar-refractivity contribution in [3.63, 3.8) is 0 Å². The van der Waals surface area contributed by atoms with E-state index < -0.39 is 0 Å². The summed E-state index contributed by atoms with van der Waals surface area (Å²) >= 11 is 7.52. The zero-order valence-corrected chi connectivity index (χ0v) is 15.5. The van der Waals surface area contributed by atoms with Crippen molar-refractivity contribution in [1.29, 1.82) is 0 Å². The number of halogens is 1. The van der Waals surface area contributed by atoms with Gasteiger partial charge in [0.25, 0.3) is 5.91 Å². The number of amides is 1. The normalized spacial score (nSPS) is 10.3. The molecule has 0 unspecified atom stereocenters. The van der Waals surface area contributed by atoms with Crippen molar-refractivity contribution in [3.8, 4) is 11.6 Å². The Morgan fingerprint density at radius 2 is 1.81 bits per heavy atom. The van der Waals surface area contributed by atoms with Crippen LogP contribution in [-0.4, -0.2) is 23.2 Å². The molecule has 0 radical (unpaired) electrons. The lowest BCUT2D eigenvalue weighted by molar-refractivity contribution is 0.0953. The van der Waals surface area contributed by atoms with E-state index in [1.165, 1.54) is 0 Å². The van der Waals surface area contributed by atoms with Crippen LogP contribution in [0.15, 0.2) is 77.8 Å². The summed E-state index contributed by atoms with van der Waals surface area (Å²) in [5, 5.41) is 3.61. The van der Waals surface area contributed by atoms with Gasteiger partial charge in [-0.15, -0.1) is 11.8 Å². The predicted molar refractivity (Wildman–Crippen MR) is 105 cm³/mol. The van der Waals surface area contributed by atoms with Crippen LogP contribution in [0.4, 0.5) is 0 Å². The number of para-hydroxylation sites is 1. The van der Waals surface area contributed by atoms with Crippen molar-refractivity contribution in [2.45, 2.75) is 4.90 Å². The van der Waals surface area contributed by atoms with Crippen LogP contribution >= 0.6 is 23.4 Å². The quantitative estimate of drug-likeness (QED) is 0.457. The molecule has 0 fully saturated rings. The lowest BCUT2D eigenvalue weighted by Gasteiger charge is -2.10. The number of aromatic nitrogens is 1. The van der Waals surface area contributed by atoms with Crippen LogP contribution < -0.4 is 10.1 Å². The van der Waals surface area contributed by atoms with E-state index in [0.29, 0.717) is 28.8 Å². The van der Waals surface area contributed by atoms with Gasteiger partial charge in [0.2, 0.25) is 5.88 Å². The summed E-state index contributed by atoms with van der Waals surface area (Å²) in [4.78, 5) is 17.7. The number of hydrogen-bond acceptors (Lipinski definition) is 4. The van der Waals surface area contributed by atoms with Gasteiger partial charge in [0.1, 0.15) is 11.3 Å². The van der Waals surface area contributed by atoms with E-state index in [0.717, 1.165) is 10.6 Å². The first kappa shape index (κ1) is 18.3. The van der Waals surface area contributed by atoms with Crippen LogP contribution in [0.3, 0.4) is 0 Å². The van der Waals surface area contributed by atoms with Gasteiger partial charge >= 0.3 is 0 Å². The van der Waals surface area contributed by atoms with Crippen molar-refractivity contribution < 1.29 is 9.53 Å². The van der Waals surface area contributed by atoms with E-state index in [2.05, 4.69) is 10.3 Å². The molecule has 3 rings (SSSR count). The average molecular weight is 385 g/mol. The number of carbonyl (C=O) groups is 1. The fourth-order valence-electron chi connectivity index (χ4n) is 2.20. The maximum atomic E-state index is 12.5. The SMILES string of the molecule is O=C(NCCSc1ccc(Cl)cc1)c1cccnc1Oc1ccccc1. The van der Waals surface area contributed by atoms with Gasteiger partial charge in [0.05, 0.1) is 0 Å². The third-order valence-corrected chi connectivity index (χ3v) is 4.71. The fourth-order valence-corrected chi connectivity index (χ4v) is 3.10. The van der Waals surface area contributed by atoms with Crippen LogP contribution in [0, 0.1) is 0 Å². The highest BCUT2D eigenvalue weighted by Crippen LogP contribution is 2.23. The summed E-state index contributed by atoms with van der Waals surface area (Å²) in [7, 11) is 0. The molecule has 0 aliphatic heterocycles. The fraction of sp³-hybridized carbons (Fsp3) is 0.100. The minimum Gasteiger partial charge on any atom is -0.438 e. The van der Waals surface area contributed by atoms with Crippen LogP contribution in [0.2, 0.25) is 5.02 Å². The number of thioether (sulfide) groups is 1. The van der Waals surface area contributed by atoms with Crippen molar-refractivity contribution in [2.24, 2.45) is 0 Å². The Morgan fingerprint density at radius 3 is 2.58 bits per heavy atom. The number of nitrogens with one attached hydrogen (secondary N) is 1. The molecule has 132 valence electrons. The van der Waals surface area contributed by atoms with Crippen molar-refractivity contribution in [3.05, 3.63) is 83.5 Å². The highest BCUT2D eigenvalue weighted by molar-refractivity contribution is 7.99. The molecule has 1 amide bonds. The van der Waals surface area contributed by atoms with Crippen molar-refractivity contribution in [2.75, 3.05) is 12.3 Å². The van der Waals surface area contributed by atoms with E-state index in [-0.39, 0.29) is 5.91 Å². The highest BCUT2D eigenvalue weighted by atomic mass is 35.5. The van der Waals surface area contributed by atoms with E-state index in [9.17, 15) is 4.79 Å². The largest absolute Gasteiger partial charge is 0.438 e. The number of rotatable bonds is 7. The Morgan fingerprint density at radius 1 is 1.04 bits per heavy atom. The van der Waals surface area contributed by atoms with Crippen LogP contribution in [0.5, 0.6) is 11.6 Å². The van der Waals surface area contributed by atoms with Gasteiger partial charge in [-0.3, -0.25) is 4.79 Å². The number of ether oxygens (including phenoxy) is 1. The number of benzene rings is 2. The van der Waals surface area contributed by atoms with E-state index >= 15 is 0 Å². The van der Waals surface area contributed by atoms with Crippen molar-refractivity contribution in [1.82, 2.24) is 10.3 Å². The van der Waals surface area contributed by atoms with Gasteiger partial charge in [-0.05, 0) is 48.5 Å². The molecule has 1 aromatic heterocycles. The van der Waals surface area contributed by atoms with E-state index in [4.69, 9.17) is 16.3 Å². The molecule has 4 nitrogen and oxygen atoms in total. The first-order chi connectivity index (χ1) is 12.7. The predicted octanol–water partition coefficient (Wildman–Crippen LogP) is 5.05. The van der Waals surface area contributed by atoms with Crippen LogP contribution in [0.25, 0.3) is 0 Å². The summed E-state index contributed by atoms with van der Waals surface area (Å²) in [6, 6.07) is 20.3. The van der Waals surface area contributed by atoms with Crippen LogP contribution in [0.1, 0.15) is 10.4 Å². The topological polar surface area (TPSA) is 51.2 Å². The lowest BCUT2D eigenvalue weighted by Crippen LogP contribution is -2.26. The number of hydrogen-bond donors (Lipinski definition) is 1. The first-order valence-electron chi connectivity index (χ1n) is 8.07. The van der Waals surface area contributed by atoms with Gasteiger partial charge in [0.15, 0.2) is 0 Å². The van der Waals surface area contributed by atoms with Gasteiger partial charge in [-0.2, -0.15) is 0 Å². The highest BCUT2D eigenvalue weighted by Gasteiger charge is 2.13. The maximum absolute atomic E-state index is 12.5. The molecule has 0 saturated carbocycles. The van der Waals surface area contributed by atoms with Gasteiger partial charge in [-0.1, -0.05) is 29.8 Å². The number of carbonyl (C=O) groups excluding carboxylic acids is 1. The van der Waals surface area contributed by atoms with Gasteiger partial charge in [0, 0.05) is 28.4 Å². The Bertz CT molecular complexity index is 857. The molecular weight excluding hydrogens is 368 g/mol. The second-order valence-corrected chi connectivity index (χ2v) is 6.93. The number of pyridine rings is 1. The Kier molecular flexibility index (Phi) is 6.52. The Hall–Kier alpha value is -2.50. The second-order valence-electron chi connectivity index (χ2n) is 5.33. The molecule has 1 heterocycles. The third kappa shape index (κ3) is 5.25. The summed E-state index contributed by atoms with van der Waals surface area (Å²) in [6.07, 6.45) is 1.60. The molecule has 0 spiro atoms. The molecule has 0 saturated heterocycles. The smallest absolute Gasteiger partial charge is 0.256 e. The zero-order valence-electron chi connectivity index (χ0n) is 13.9. The summed E-state index contributed by atoms with van der Waals surface area (Å²) in [6.45, 7) is 0.534. The monoisotopic (exact) mass is 384 g/mol. The molecule has 3 aromatic rings. The van der Waals surface area contributed by atoms with Crippen molar-refractivity contribution >= 4 is 29.3 Å². The number of nitrogens with zero attached hydrogens (tertiary/aromatic N) is 1. The molecule has 0 aliphatic carbocycles. The second kappa shape index (κ2) is 9.27. The molecule has 0 aliphatic rings. The molecule has 0 atom stereocenters. The van der Waals surface area contributed by atoms with E-state index in [1.54, 1.807) is 30.1 Å². The standard InChI is InChI=1S/C20H17ClN2O2S/c21-15-8-10-17(11-9-15)26-14-13-22-19(24)18-7-4-12-23-20(18)25-16-5-2-1-3-6-16/h1-12H,13-14H2,(H,22,24).